The van der Waals surface area contributed by atoms with Crippen molar-refractivity contribution in [3.8, 4) is 0 Å². The maximum Gasteiger partial charge on any atom is 0.339 e. The third kappa shape index (κ3) is 3.42. The Bertz CT molecular complexity index is 392. The molecule has 1 aromatic carbocycles. The first-order chi connectivity index (χ1) is 8.11. The summed E-state index contributed by atoms with van der Waals surface area (Å²) < 4.78 is 10.4. The van der Waals surface area contributed by atoms with Crippen LogP contribution in [0.3, 0.4) is 0 Å². The molecule has 0 heterocycles. The second kappa shape index (κ2) is 6.58. The Balaban J connectivity index is 3.07. The van der Waals surface area contributed by atoms with Crippen molar-refractivity contribution in [3.05, 3.63) is 32.9 Å². The van der Waals surface area contributed by atoms with E-state index in [9.17, 15) is 9.59 Å². The number of carbonyl (C=O) groups excluding carboxylic acids is 2. The molecule has 0 spiro atoms. The first kappa shape index (κ1) is 14.0. The quantitative estimate of drug-likeness (QED) is 0.620. The van der Waals surface area contributed by atoms with Gasteiger partial charge in [0.2, 0.25) is 0 Å². The average Bonchev–Trinajstić information content (AvgIpc) is 2.29. The van der Waals surface area contributed by atoms with Gasteiger partial charge >= 0.3 is 11.9 Å². The fourth-order valence-electron chi connectivity index (χ4n) is 1.26. The highest BCUT2D eigenvalue weighted by Crippen LogP contribution is 2.19. The molecule has 0 fully saturated rings. The maximum absolute atomic E-state index is 11.6. The molecule has 0 aromatic heterocycles. The summed E-state index contributed by atoms with van der Waals surface area (Å²) in [7, 11) is 0. The zero-order valence-corrected chi connectivity index (χ0v) is 11.8. The summed E-state index contributed by atoms with van der Waals surface area (Å²) in [6.07, 6.45) is 0. The second-order valence-corrected chi connectivity index (χ2v) is 4.19. The fraction of sp³-hybridized carbons (Fsp3) is 0.333. The van der Waals surface area contributed by atoms with Crippen LogP contribution in [0.2, 0.25) is 0 Å². The molecule has 0 unspecified atom stereocenters. The fourth-order valence-corrected chi connectivity index (χ4v) is 2.06. The number of esters is 2. The number of ether oxygens (including phenoxy) is 2. The van der Waals surface area contributed by atoms with Crippen molar-refractivity contribution in [1.82, 2.24) is 0 Å². The maximum atomic E-state index is 11.6. The monoisotopic (exact) mass is 348 g/mol. The lowest BCUT2D eigenvalue weighted by molar-refractivity contribution is 0.0523. The predicted octanol–water partition coefficient (Wildman–Crippen LogP) is 2.64. The lowest BCUT2D eigenvalue weighted by Gasteiger charge is -2.08. The predicted molar refractivity (Wildman–Crippen MR) is 71.1 cm³/mol. The van der Waals surface area contributed by atoms with Crippen LogP contribution in [-0.4, -0.2) is 25.2 Å². The summed E-state index contributed by atoms with van der Waals surface area (Å²) in [4.78, 5) is 23.2. The molecule has 0 N–H and O–H groups in total. The molecule has 0 aliphatic heterocycles. The van der Waals surface area contributed by atoms with Crippen LogP contribution in [0.5, 0.6) is 0 Å². The normalized spacial score (nSPS) is 9.82. The van der Waals surface area contributed by atoms with Crippen LogP contribution in [0, 0.1) is 3.57 Å². The van der Waals surface area contributed by atoms with E-state index in [0.717, 1.165) is 0 Å². The van der Waals surface area contributed by atoms with Gasteiger partial charge < -0.3 is 9.47 Å². The molecule has 0 saturated heterocycles. The molecule has 4 nitrogen and oxygen atoms in total. The zero-order valence-electron chi connectivity index (χ0n) is 9.66. The van der Waals surface area contributed by atoms with Gasteiger partial charge in [0, 0.05) is 3.57 Å². The van der Waals surface area contributed by atoms with E-state index in [1.165, 1.54) is 0 Å². The van der Waals surface area contributed by atoms with Crippen LogP contribution in [0.15, 0.2) is 18.2 Å². The Hall–Kier alpha value is -1.11. The summed E-state index contributed by atoms with van der Waals surface area (Å²) in [6.45, 7) is 4.08. The number of carbonyl (C=O) groups is 2. The van der Waals surface area contributed by atoms with E-state index in [1.807, 2.05) is 22.6 Å². The lowest BCUT2D eigenvalue weighted by Crippen LogP contribution is -2.12. The molecule has 1 aromatic rings. The van der Waals surface area contributed by atoms with E-state index < -0.39 is 11.9 Å². The van der Waals surface area contributed by atoms with Crippen LogP contribution in [0.1, 0.15) is 34.6 Å². The van der Waals surface area contributed by atoms with Gasteiger partial charge in [-0.3, -0.25) is 0 Å². The molecule has 0 radical (unpaired) electrons. The topological polar surface area (TPSA) is 52.6 Å². The van der Waals surface area contributed by atoms with Gasteiger partial charge in [0.05, 0.1) is 24.3 Å². The summed E-state index contributed by atoms with van der Waals surface area (Å²) in [5.41, 5.74) is 0.774. The second-order valence-electron chi connectivity index (χ2n) is 3.11. The molecular formula is C12H13IO4. The number of halogens is 1. The third-order valence-corrected chi connectivity index (χ3v) is 3.15. The van der Waals surface area contributed by atoms with Crippen molar-refractivity contribution in [2.24, 2.45) is 0 Å². The lowest BCUT2D eigenvalue weighted by atomic mass is 10.1. The van der Waals surface area contributed by atoms with Gasteiger partial charge in [-0.05, 0) is 48.6 Å². The summed E-state index contributed by atoms with van der Waals surface area (Å²) in [5.74, 6) is -0.855. The Morgan fingerprint density at radius 2 is 1.47 bits per heavy atom. The SMILES string of the molecule is CCOC(=O)c1cccc(C(=O)OCC)c1I. The molecule has 0 aliphatic carbocycles. The van der Waals surface area contributed by atoms with Gasteiger partial charge in [-0.25, -0.2) is 9.59 Å². The Morgan fingerprint density at radius 1 is 1.06 bits per heavy atom. The largest absolute Gasteiger partial charge is 0.462 e. The van der Waals surface area contributed by atoms with Crippen molar-refractivity contribution in [3.63, 3.8) is 0 Å². The van der Waals surface area contributed by atoms with Crippen molar-refractivity contribution in [2.45, 2.75) is 13.8 Å². The molecule has 5 heteroatoms. The molecular weight excluding hydrogens is 335 g/mol. The van der Waals surface area contributed by atoms with E-state index in [-0.39, 0.29) is 0 Å². The zero-order chi connectivity index (χ0) is 12.8. The van der Waals surface area contributed by atoms with Gasteiger partial charge in [0.25, 0.3) is 0 Å². The molecule has 17 heavy (non-hydrogen) atoms. The van der Waals surface area contributed by atoms with Crippen molar-refractivity contribution < 1.29 is 19.1 Å². The van der Waals surface area contributed by atoms with Gasteiger partial charge in [0.15, 0.2) is 0 Å². The molecule has 0 aliphatic rings. The Morgan fingerprint density at radius 3 is 1.82 bits per heavy atom. The van der Waals surface area contributed by atoms with E-state index in [4.69, 9.17) is 9.47 Å². The van der Waals surface area contributed by atoms with Gasteiger partial charge in [-0.2, -0.15) is 0 Å². The van der Waals surface area contributed by atoms with Crippen molar-refractivity contribution in [1.29, 1.82) is 0 Å². The van der Waals surface area contributed by atoms with E-state index in [1.54, 1.807) is 32.0 Å². The van der Waals surface area contributed by atoms with Crippen LogP contribution in [-0.2, 0) is 9.47 Å². The molecule has 0 saturated carbocycles. The number of hydrogen-bond acceptors (Lipinski definition) is 4. The minimum Gasteiger partial charge on any atom is -0.462 e. The van der Waals surface area contributed by atoms with E-state index in [0.29, 0.717) is 27.9 Å². The van der Waals surface area contributed by atoms with Gasteiger partial charge in [0.1, 0.15) is 0 Å². The van der Waals surface area contributed by atoms with E-state index >= 15 is 0 Å². The van der Waals surface area contributed by atoms with Gasteiger partial charge in [-0.1, -0.05) is 6.07 Å². The Labute approximate surface area is 113 Å². The Kier molecular flexibility index (Phi) is 5.40. The first-order valence-electron chi connectivity index (χ1n) is 5.24. The highest BCUT2D eigenvalue weighted by Gasteiger charge is 2.18. The highest BCUT2D eigenvalue weighted by molar-refractivity contribution is 14.1. The highest BCUT2D eigenvalue weighted by atomic mass is 127. The smallest absolute Gasteiger partial charge is 0.339 e. The van der Waals surface area contributed by atoms with Crippen LogP contribution in [0.4, 0.5) is 0 Å². The van der Waals surface area contributed by atoms with Crippen LogP contribution >= 0.6 is 22.6 Å². The van der Waals surface area contributed by atoms with E-state index in [2.05, 4.69) is 0 Å². The molecule has 92 valence electrons. The molecule has 1 rings (SSSR count). The van der Waals surface area contributed by atoms with Crippen LogP contribution in [0.25, 0.3) is 0 Å². The minimum atomic E-state index is -0.428. The molecule has 0 bridgehead atoms. The van der Waals surface area contributed by atoms with Crippen molar-refractivity contribution >= 4 is 34.5 Å². The number of rotatable bonds is 4. The average molecular weight is 348 g/mol. The summed E-state index contributed by atoms with van der Waals surface area (Å²) in [5, 5.41) is 0. The molecule has 0 amide bonds. The first-order valence-corrected chi connectivity index (χ1v) is 6.32. The number of benzene rings is 1. The molecule has 0 atom stereocenters. The van der Waals surface area contributed by atoms with Gasteiger partial charge in [-0.15, -0.1) is 0 Å². The third-order valence-electron chi connectivity index (χ3n) is 1.99. The number of hydrogen-bond donors (Lipinski definition) is 0. The summed E-state index contributed by atoms with van der Waals surface area (Å²) >= 11 is 1.95. The van der Waals surface area contributed by atoms with Crippen molar-refractivity contribution in [2.75, 3.05) is 13.2 Å². The minimum absolute atomic E-state index is 0.304. The summed E-state index contributed by atoms with van der Waals surface area (Å²) in [6, 6.07) is 4.89. The van der Waals surface area contributed by atoms with Crippen LogP contribution < -0.4 is 0 Å². The standard InChI is InChI=1S/C12H13IO4/c1-3-16-11(14)8-6-5-7-9(10(8)13)12(15)17-4-2/h5-7H,3-4H2,1-2H3.